The lowest BCUT2D eigenvalue weighted by molar-refractivity contribution is 1.63. The fourth-order valence-corrected chi connectivity index (χ4v) is 0.908. The van der Waals surface area contributed by atoms with Crippen LogP contribution in [0.3, 0.4) is 0 Å². The lowest BCUT2D eigenvalue weighted by Crippen LogP contribution is -2.12. The van der Waals surface area contributed by atoms with Crippen molar-refractivity contribution >= 4 is 18.5 Å². The zero-order valence-corrected chi connectivity index (χ0v) is 7.84. The summed E-state index contributed by atoms with van der Waals surface area (Å²) in [6.45, 7) is 9.51. The normalized spacial score (nSPS) is 9.78. The Bertz CT molecular complexity index is 166. The quantitative estimate of drug-likeness (QED) is 0.289. The van der Waals surface area contributed by atoms with Crippen molar-refractivity contribution in [3.8, 4) is 11.5 Å². The van der Waals surface area contributed by atoms with Gasteiger partial charge in [-0.2, -0.15) is 11.1 Å². The van der Waals surface area contributed by atoms with Gasteiger partial charge in [-0.3, -0.25) is 0 Å². The highest BCUT2D eigenvalue weighted by Gasteiger charge is 2.11. The predicted molar refractivity (Wildman–Crippen MR) is 45.9 cm³/mol. The van der Waals surface area contributed by atoms with Crippen LogP contribution >= 0.6 is 11.1 Å². The molecule has 9 heavy (non-hydrogen) atoms. The Morgan fingerprint density at radius 2 is 2.00 bits per heavy atom. The molecule has 0 N–H and O–H groups in total. The van der Waals surface area contributed by atoms with E-state index in [4.69, 9.17) is 11.1 Å². The third-order valence-corrected chi connectivity index (χ3v) is 1.58. The van der Waals surface area contributed by atoms with E-state index < -0.39 is 7.38 Å². The minimum absolute atomic E-state index is 0.885. The van der Waals surface area contributed by atoms with Gasteiger partial charge in [0.25, 0.3) is 0 Å². The molecule has 0 bridgehead atoms. The molecule has 0 amide bonds. The highest BCUT2D eigenvalue weighted by atomic mass is 35.6. The van der Waals surface area contributed by atoms with Crippen LogP contribution in [0.4, 0.5) is 0 Å². The highest BCUT2D eigenvalue weighted by Crippen LogP contribution is 2.04. The minimum Gasteiger partial charge on any atom is -0.151 e. The van der Waals surface area contributed by atoms with Crippen molar-refractivity contribution in [1.29, 1.82) is 0 Å². The summed E-state index contributed by atoms with van der Waals surface area (Å²) in [6, 6.07) is 0. The summed E-state index contributed by atoms with van der Waals surface area (Å²) in [5.41, 5.74) is 3.86. The Balaban J connectivity index is 4.04. The maximum atomic E-state index is 5.90. The average molecular weight is 159 g/mol. The van der Waals surface area contributed by atoms with E-state index in [9.17, 15) is 0 Å². The Kier molecular flexibility index (Phi) is 3.03. The first-order valence-electron chi connectivity index (χ1n) is 2.79. The first-order valence-corrected chi connectivity index (χ1v) is 6.80. The predicted octanol–water partition coefficient (Wildman–Crippen LogP) is 2.55. The van der Waals surface area contributed by atoms with Gasteiger partial charge in [-0.15, -0.1) is 5.54 Å². The summed E-state index contributed by atoms with van der Waals surface area (Å²) in [7, 11) is -1.67. The molecular formula is C7H11ClSi. The van der Waals surface area contributed by atoms with E-state index in [2.05, 4.69) is 18.0 Å². The molecule has 50 valence electrons. The van der Waals surface area contributed by atoms with Gasteiger partial charge in [0.1, 0.15) is 0 Å². The Labute approximate surface area is 62.6 Å². The minimum atomic E-state index is -1.67. The molecule has 0 spiro atoms. The van der Waals surface area contributed by atoms with E-state index in [0.717, 1.165) is 5.57 Å². The van der Waals surface area contributed by atoms with Crippen molar-refractivity contribution in [3.05, 3.63) is 12.2 Å². The summed E-state index contributed by atoms with van der Waals surface area (Å²) in [6.07, 6.45) is 0. The van der Waals surface area contributed by atoms with Crippen LogP contribution in [0, 0.1) is 11.5 Å². The van der Waals surface area contributed by atoms with Crippen molar-refractivity contribution in [1.82, 2.24) is 0 Å². The Morgan fingerprint density at radius 1 is 1.56 bits per heavy atom. The van der Waals surface area contributed by atoms with Crippen LogP contribution in [0.5, 0.6) is 0 Å². The molecule has 0 radical (unpaired) electrons. The summed E-state index contributed by atoms with van der Waals surface area (Å²) in [4.78, 5) is 0. The van der Waals surface area contributed by atoms with Crippen LogP contribution in [0.1, 0.15) is 6.92 Å². The first-order chi connectivity index (χ1) is 3.92. The van der Waals surface area contributed by atoms with Gasteiger partial charge in [0.15, 0.2) is 0 Å². The van der Waals surface area contributed by atoms with Crippen LogP contribution in [0.2, 0.25) is 13.1 Å². The molecule has 0 aliphatic rings. The van der Waals surface area contributed by atoms with E-state index >= 15 is 0 Å². The maximum absolute atomic E-state index is 5.90. The van der Waals surface area contributed by atoms with Crippen LogP contribution in [0.15, 0.2) is 12.2 Å². The molecule has 0 heterocycles. The summed E-state index contributed by atoms with van der Waals surface area (Å²) >= 11 is 5.90. The zero-order valence-electron chi connectivity index (χ0n) is 6.09. The van der Waals surface area contributed by atoms with Gasteiger partial charge in [0, 0.05) is 0 Å². The second-order valence-electron chi connectivity index (χ2n) is 2.50. The standard InChI is InChI=1S/C7H11ClSi/c1-7(2)5-6-9(3,4)8/h1H2,2-4H3. The number of hydrogen-bond acceptors (Lipinski definition) is 0. The van der Waals surface area contributed by atoms with E-state index in [1.54, 1.807) is 0 Å². The molecule has 0 aliphatic heterocycles. The topological polar surface area (TPSA) is 0 Å². The lowest BCUT2D eigenvalue weighted by Gasteiger charge is -1.98. The molecule has 0 atom stereocenters. The molecule has 0 unspecified atom stereocenters. The zero-order chi connectivity index (χ0) is 7.49. The van der Waals surface area contributed by atoms with Crippen molar-refractivity contribution in [3.63, 3.8) is 0 Å². The van der Waals surface area contributed by atoms with Crippen LogP contribution in [-0.4, -0.2) is 7.38 Å². The Morgan fingerprint density at radius 3 is 2.11 bits per heavy atom. The van der Waals surface area contributed by atoms with Crippen molar-refractivity contribution in [2.75, 3.05) is 0 Å². The Hall–Kier alpha value is -0.193. The molecule has 0 fully saturated rings. The molecule has 0 aromatic rings. The number of rotatable bonds is 0. The van der Waals surface area contributed by atoms with Gasteiger partial charge >= 0.3 is 0 Å². The van der Waals surface area contributed by atoms with Crippen LogP contribution in [-0.2, 0) is 0 Å². The smallest absolute Gasteiger partial charge is 0.151 e. The number of halogens is 1. The van der Waals surface area contributed by atoms with Gasteiger partial charge in [0.05, 0.1) is 0 Å². The van der Waals surface area contributed by atoms with E-state index in [1.165, 1.54) is 0 Å². The van der Waals surface area contributed by atoms with Gasteiger partial charge in [-0.25, -0.2) is 0 Å². The maximum Gasteiger partial charge on any atom is 0.228 e. The fraction of sp³-hybridized carbons (Fsp3) is 0.429. The SMILES string of the molecule is C=C(C)C#C[Si](C)(C)Cl. The largest absolute Gasteiger partial charge is 0.228 e. The van der Waals surface area contributed by atoms with Gasteiger partial charge < -0.3 is 0 Å². The molecule has 0 saturated carbocycles. The van der Waals surface area contributed by atoms with E-state index in [0.29, 0.717) is 0 Å². The van der Waals surface area contributed by atoms with Gasteiger partial charge in [0.2, 0.25) is 7.38 Å². The van der Waals surface area contributed by atoms with Crippen molar-refractivity contribution in [2.45, 2.75) is 20.0 Å². The van der Waals surface area contributed by atoms with E-state index in [-0.39, 0.29) is 0 Å². The number of hydrogen-bond donors (Lipinski definition) is 0. The first kappa shape index (κ1) is 8.81. The average Bonchev–Trinajstić information content (AvgIpc) is 1.59. The van der Waals surface area contributed by atoms with Crippen molar-refractivity contribution < 1.29 is 0 Å². The summed E-state index contributed by atoms with van der Waals surface area (Å²) in [5, 5.41) is 0. The molecule has 0 aromatic heterocycles. The summed E-state index contributed by atoms with van der Waals surface area (Å²) < 4.78 is 0. The molecule has 0 aliphatic carbocycles. The monoisotopic (exact) mass is 158 g/mol. The molecule has 0 rings (SSSR count). The van der Waals surface area contributed by atoms with Gasteiger partial charge in [-0.05, 0) is 25.6 Å². The third-order valence-electron chi connectivity index (χ3n) is 0.573. The van der Waals surface area contributed by atoms with Crippen LogP contribution < -0.4 is 0 Å². The molecule has 2 heteroatoms. The van der Waals surface area contributed by atoms with Gasteiger partial charge in [-0.1, -0.05) is 12.5 Å². The fourth-order valence-electron chi connectivity index (χ4n) is 0.255. The lowest BCUT2D eigenvalue weighted by atomic mass is 10.4. The second kappa shape index (κ2) is 3.10. The second-order valence-corrected chi connectivity index (χ2v) is 8.53. The summed E-state index contributed by atoms with van der Waals surface area (Å²) in [5.74, 6) is 2.87. The highest BCUT2D eigenvalue weighted by molar-refractivity contribution is 7.23. The molecular weight excluding hydrogens is 148 g/mol. The molecule has 0 saturated heterocycles. The van der Waals surface area contributed by atoms with Crippen LogP contribution in [0.25, 0.3) is 0 Å². The molecule has 0 aromatic carbocycles. The number of allylic oxidation sites excluding steroid dienone is 1. The third kappa shape index (κ3) is 7.81. The van der Waals surface area contributed by atoms with Crippen molar-refractivity contribution in [2.24, 2.45) is 0 Å². The van der Waals surface area contributed by atoms with E-state index in [1.807, 2.05) is 20.0 Å². The molecule has 0 nitrogen and oxygen atoms in total.